The van der Waals surface area contributed by atoms with E-state index in [1.165, 1.54) is 14.2 Å². The van der Waals surface area contributed by atoms with Gasteiger partial charge in [-0.2, -0.15) is 0 Å². The Labute approximate surface area is 130 Å². The summed E-state index contributed by atoms with van der Waals surface area (Å²) in [6.07, 6.45) is -0.208. The average molecular weight is 309 g/mol. The summed E-state index contributed by atoms with van der Waals surface area (Å²) in [6, 6.07) is 8.37. The highest BCUT2D eigenvalue weighted by Gasteiger charge is 2.40. The number of carbonyl (C=O) groups excluding carboxylic acids is 2. The molecule has 0 saturated heterocycles. The van der Waals surface area contributed by atoms with Crippen LogP contribution in [0.2, 0.25) is 0 Å². The Morgan fingerprint density at radius 2 is 1.73 bits per heavy atom. The Hall–Kier alpha value is -1.92. The smallest absolute Gasteiger partial charge is 0.319 e. The third kappa shape index (κ3) is 4.29. The lowest BCUT2D eigenvalue weighted by Crippen LogP contribution is -2.50. The standard InChI is InChI=1S/C16H23NO5/c1-12(17(2)11-15(19)22-4)16(20,10-14(18)21-3)13-8-6-5-7-9-13/h5-9,12,20H,10-11H2,1-4H3. The van der Waals surface area contributed by atoms with Crippen molar-refractivity contribution in [1.29, 1.82) is 0 Å². The molecule has 0 saturated carbocycles. The molecular weight excluding hydrogens is 286 g/mol. The minimum absolute atomic E-state index is 0.00792. The van der Waals surface area contributed by atoms with E-state index in [0.717, 1.165) is 0 Å². The number of carbonyl (C=O) groups is 2. The molecule has 1 aromatic carbocycles. The first kappa shape index (κ1) is 18.1. The van der Waals surface area contributed by atoms with Gasteiger partial charge in [-0.3, -0.25) is 14.5 Å². The van der Waals surface area contributed by atoms with E-state index < -0.39 is 23.6 Å². The number of hydrogen-bond acceptors (Lipinski definition) is 6. The molecule has 0 radical (unpaired) electrons. The van der Waals surface area contributed by atoms with Gasteiger partial charge in [0.2, 0.25) is 0 Å². The van der Waals surface area contributed by atoms with E-state index in [9.17, 15) is 14.7 Å². The number of methoxy groups -OCH3 is 2. The Morgan fingerprint density at radius 1 is 1.18 bits per heavy atom. The topological polar surface area (TPSA) is 76.1 Å². The molecule has 0 aliphatic carbocycles. The zero-order valence-electron chi connectivity index (χ0n) is 13.4. The molecule has 0 fully saturated rings. The lowest BCUT2D eigenvalue weighted by atomic mass is 9.83. The fraction of sp³-hybridized carbons (Fsp3) is 0.500. The van der Waals surface area contributed by atoms with Crippen molar-refractivity contribution < 1.29 is 24.2 Å². The highest BCUT2D eigenvalue weighted by molar-refractivity contribution is 5.72. The Kier molecular flexibility index (Phi) is 6.52. The molecule has 22 heavy (non-hydrogen) atoms. The Morgan fingerprint density at radius 3 is 2.23 bits per heavy atom. The fourth-order valence-electron chi connectivity index (χ4n) is 2.28. The van der Waals surface area contributed by atoms with Crippen LogP contribution in [0.3, 0.4) is 0 Å². The second kappa shape index (κ2) is 7.91. The molecule has 2 unspecified atom stereocenters. The second-order valence-electron chi connectivity index (χ2n) is 5.21. The molecule has 1 rings (SSSR count). The normalized spacial score (nSPS) is 15.0. The van der Waals surface area contributed by atoms with Gasteiger partial charge in [0.25, 0.3) is 0 Å². The summed E-state index contributed by atoms with van der Waals surface area (Å²) in [6.45, 7) is 1.76. The van der Waals surface area contributed by atoms with Gasteiger partial charge >= 0.3 is 11.9 Å². The average Bonchev–Trinajstić information content (AvgIpc) is 2.54. The molecule has 122 valence electrons. The molecule has 0 aliphatic heterocycles. The van der Waals surface area contributed by atoms with Crippen LogP contribution in [0.15, 0.2) is 30.3 Å². The van der Waals surface area contributed by atoms with Gasteiger partial charge < -0.3 is 14.6 Å². The zero-order valence-corrected chi connectivity index (χ0v) is 13.4. The monoisotopic (exact) mass is 309 g/mol. The zero-order chi connectivity index (χ0) is 16.8. The molecule has 0 aromatic heterocycles. The quantitative estimate of drug-likeness (QED) is 0.755. The Bertz CT molecular complexity index is 505. The van der Waals surface area contributed by atoms with Crippen molar-refractivity contribution in [3.8, 4) is 0 Å². The number of nitrogens with zero attached hydrogens (tertiary/aromatic N) is 1. The van der Waals surface area contributed by atoms with E-state index in [-0.39, 0.29) is 13.0 Å². The van der Waals surface area contributed by atoms with Gasteiger partial charge in [-0.15, -0.1) is 0 Å². The van der Waals surface area contributed by atoms with E-state index in [2.05, 4.69) is 4.74 Å². The summed E-state index contributed by atoms with van der Waals surface area (Å²) < 4.78 is 9.33. The van der Waals surface area contributed by atoms with Crippen LogP contribution in [0.4, 0.5) is 0 Å². The van der Waals surface area contributed by atoms with Crippen LogP contribution in [0.1, 0.15) is 18.9 Å². The molecule has 1 N–H and O–H groups in total. The number of benzene rings is 1. The van der Waals surface area contributed by atoms with Crippen LogP contribution < -0.4 is 0 Å². The summed E-state index contributed by atoms with van der Waals surface area (Å²) in [7, 11) is 4.27. The van der Waals surface area contributed by atoms with Gasteiger partial charge in [0.05, 0.1) is 27.2 Å². The van der Waals surface area contributed by atoms with Crippen molar-refractivity contribution in [3.63, 3.8) is 0 Å². The number of likely N-dealkylation sites (N-methyl/N-ethyl adjacent to an activating group) is 1. The van der Waals surface area contributed by atoms with Gasteiger partial charge in [-0.1, -0.05) is 30.3 Å². The van der Waals surface area contributed by atoms with Crippen molar-refractivity contribution in [2.45, 2.75) is 25.0 Å². The van der Waals surface area contributed by atoms with Crippen LogP contribution in [0.5, 0.6) is 0 Å². The number of ether oxygens (including phenoxy) is 2. The van der Waals surface area contributed by atoms with Gasteiger partial charge in [-0.05, 0) is 19.5 Å². The highest BCUT2D eigenvalue weighted by atomic mass is 16.5. The molecular formula is C16H23NO5. The fourth-order valence-corrected chi connectivity index (χ4v) is 2.28. The van der Waals surface area contributed by atoms with E-state index >= 15 is 0 Å². The van der Waals surface area contributed by atoms with Crippen molar-refractivity contribution in [2.24, 2.45) is 0 Å². The molecule has 0 aliphatic rings. The van der Waals surface area contributed by atoms with Crippen molar-refractivity contribution in [3.05, 3.63) is 35.9 Å². The molecule has 2 atom stereocenters. The van der Waals surface area contributed by atoms with Crippen LogP contribution >= 0.6 is 0 Å². The maximum absolute atomic E-state index is 11.7. The lowest BCUT2D eigenvalue weighted by Gasteiger charge is -2.38. The molecule has 0 spiro atoms. The summed E-state index contributed by atoms with van der Waals surface area (Å²) in [5, 5.41) is 11.1. The second-order valence-corrected chi connectivity index (χ2v) is 5.21. The number of rotatable bonds is 7. The van der Waals surface area contributed by atoms with E-state index in [4.69, 9.17) is 4.74 Å². The number of hydrogen-bond donors (Lipinski definition) is 1. The largest absolute Gasteiger partial charge is 0.469 e. The van der Waals surface area contributed by atoms with Crippen molar-refractivity contribution in [2.75, 3.05) is 27.8 Å². The maximum Gasteiger partial charge on any atom is 0.319 e. The highest BCUT2D eigenvalue weighted by Crippen LogP contribution is 2.31. The molecule has 0 amide bonds. The van der Waals surface area contributed by atoms with Gasteiger partial charge in [-0.25, -0.2) is 0 Å². The van der Waals surface area contributed by atoms with Crippen LogP contribution in [0.25, 0.3) is 0 Å². The van der Waals surface area contributed by atoms with Crippen molar-refractivity contribution in [1.82, 2.24) is 4.90 Å². The first-order chi connectivity index (χ1) is 10.3. The minimum Gasteiger partial charge on any atom is -0.469 e. The first-order valence-corrected chi connectivity index (χ1v) is 6.97. The first-order valence-electron chi connectivity index (χ1n) is 6.97. The van der Waals surface area contributed by atoms with Crippen LogP contribution in [-0.2, 0) is 24.7 Å². The summed E-state index contributed by atoms with van der Waals surface area (Å²) in [5.74, 6) is -0.937. The van der Waals surface area contributed by atoms with Crippen LogP contribution in [-0.4, -0.2) is 55.8 Å². The maximum atomic E-state index is 11.7. The predicted molar refractivity (Wildman–Crippen MR) is 81.1 cm³/mol. The van der Waals surface area contributed by atoms with E-state index in [1.807, 2.05) is 6.07 Å². The van der Waals surface area contributed by atoms with E-state index in [1.54, 1.807) is 43.1 Å². The number of aliphatic hydroxyl groups is 1. The lowest BCUT2D eigenvalue weighted by molar-refractivity contribution is -0.151. The molecule has 0 bridgehead atoms. The van der Waals surface area contributed by atoms with Crippen molar-refractivity contribution >= 4 is 11.9 Å². The molecule has 0 heterocycles. The Balaban J connectivity index is 3.09. The van der Waals surface area contributed by atoms with Gasteiger partial charge in [0.15, 0.2) is 0 Å². The summed E-state index contributed by atoms with van der Waals surface area (Å²) in [5.41, 5.74) is -0.887. The molecule has 6 nitrogen and oxygen atoms in total. The summed E-state index contributed by atoms with van der Waals surface area (Å²) >= 11 is 0. The third-order valence-corrected chi connectivity index (χ3v) is 3.87. The summed E-state index contributed by atoms with van der Waals surface area (Å²) in [4.78, 5) is 24.8. The molecule has 1 aromatic rings. The van der Waals surface area contributed by atoms with E-state index in [0.29, 0.717) is 5.56 Å². The van der Waals surface area contributed by atoms with Crippen LogP contribution in [0, 0.1) is 0 Å². The van der Waals surface area contributed by atoms with Gasteiger partial charge in [0.1, 0.15) is 5.60 Å². The molecule has 6 heteroatoms. The minimum atomic E-state index is -1.48. The number of esters is 2. The SMILES string of the molecule is COC(=O)CN(C)C(C)C(O)(CC(=O)OC)c1ccccc1. The predicted octanol–water partition coefficient (Wildman–Crippen LogP) is 0.931. The third-order valence-electron chi connectivity index (χ3n) is 3.87. The van der Waals surface area contributed by atoms with Gasteiger partial charge in [0, 0.05) is 6.04 Å².